The van der Waals surface area contributed by atoms with E-state index < -0.39 is 24.0 Å². The number of nitrogens with zero attached hydrogens (tertiary/aromatic N) is 1. The summed E-state index contributed by atoms with van der Waals surface area (Å²) in [6, 6.07) is 0.121. The second-order valence-electron chi connectivity index (χ2n) is 6.98. The number of carbonyl (C=O) groups excluding carboxylic acids is 1. The fraction of sp³-hybridized carbons (Fsp3) is 0.875. The molecule has 1 unspecified atom stereocenters. The second-order valence-corrected chi connectivity index (χ2v) is 6.98. The lowest BCUT2D eigenvalue weighted by Crippen LogP contribution is -2.39. The van der Waals surface area contributed by atoms with Crippen LogP contribution in [0.3, 0.4) is 0 Å². The van der Waals surface area contributed by atoms with Crippen LogP contribution in [0.4, 0.5) is 13.2 Å². The Morgan fingerprint density at radius 2 is 1.70 bits per heavy atom. The summed E-state index contributed by atoms with van der Waals surface area (Å²) < 4.78 is 38.0. The average Bonchev–Trinajstić information content (AvgIpc) is 3.28. The highest BCUT2D eigenvalue weighted by Crippen LogP contribution is 2.41. The summed E-state index contributed by atoms with van der Waals surface area (Å²) in [6.45, 7) is 1.76. The van der Waals surface area contributed by atoms with E-state index >= 15 is 0 Å². The first kappa shape index (κ1) is 18.1. The number of halogens is 3. The zero-order chi connectivity index (χ0) is 17.2. The largest absolute Gasteiger partial charge is 0.481 e. The number of rotatable bonds is 6. The van der Waals surface area contributed by atoms with E-state index in [1.165, 1.54) is 0 Å². The van der Waals surface area contributed by atoms with Gasteiger partial charge in [0.1, 0.15) is 0 Å². The van der Waals surface area contributed by atoms with Crippen molar-refractivity contribution in [3.05, 3.63) is 0 Å². The number of hydrogen-bond donors (Lipinski definition) is 1. The smallest absolute Gasteiger partial charge is 0.391 e. The third kappa shape index (κ3) is 5.11. The molecule has 2 fully saturated rings. The minimum Gasteiger partial charge on any atom is -0.481 e. The molecule has 2 saturated carbocycles. The molecule has 1 atom stereocenters. The van der Waals surface area contributed by atoms with E-state index in [9.17, 15) is 22.8 Å². The molecule has 0 bridgehead atoms. The summed E-state index contributed by atoms with van der Waals surface area (Å²) in [4.78, 5) is 25.0. The molecule has 2 aliphatic carbocycles. The minimum atomic E-state index is -4.13. The van der Waals surface area contributed by atoms with Gasteiger partial charge in [-0.1, -0.05) is 6.92 Å². The van der Waals surface area contributed by atoms with Gasteiger partial charge in [-0.15, -0.1) is 0 Å². The number of hydrogen-bond acceptors (Lipinski definition) is 2. The molecular formula is C16H24F3NO3. The molecule has 0 aromatic rings. The van der Waals surface area contributed by atoms with Crippen LogP contribution in [0, 0.1) is 17.8 Å². The summed E-state index contributed by atoms with van der Waals surface area (Å²) in [5, 5.41) is 9.00. The van der Waals surface area contributed by atoms with E-state index in [1.807, 2.05) is 0 Å². The van der Waals surface area contributed by atoms with Crippen molar-refractivity contribution in [3.8, 4) is 0 Å². The molecule has 2 rings (SSSR count). The highest BCUT2D eigenvalue weighted by atomic mass is 19.4. The highest BCUT2D eigenvalue weighted by Gasteiger charge is 2.42. The van der Waals surface area contributed by atoms with Crippen LogP contribution in [-0.2, 0) is 9.59 Å². The van der Waals surface area contributed by atoms with Gasteiger partial charge in [0, 0.05) is 19.0 Å². The summed E-state index contributed by atoms with van der Waals surface area (Å²) in [7, 11) is 0. The number of aliphatic carboxylic acids is 1. The molecule has 132 valence electrons. The zero-order valence-electron chi connectivity index (χ0n) is 13.3. The maximum atomic E-state index is 12.7. The number of carbonyl (C=O) groups is 2. The number of carboxylic acids is 1. The van der Waals surface area contributed by atoms with Crippen molar-refractivity contribution in [2.24, 2.45) is 17.8 Å². The van der Waals surface area contributed by atoms with Crippen LogP contribution in [0.15, 0.2) is 0 Å². The minimum absolute atomic E-state index is 0.0116. The van der Waals surface area contributed by atoms with Gasteiger partial charge in [0.05, 0.1) is 11.8 Å². The van der Waals surface area contributed by atoms with Crippen molar-refractivity contribution in [1.29, 1.82) is 0 Å². The zero-order valence-corrected chi connectivity index (χ0v) is 13.3. The molecule has 2 aliphatic rings. The molecule has 7 heteroatoms. The van der Waals surface area contributed by atoms with Crippen molar-refractivity contribution in [3.63, 3.8) is 0 Å². The Kier molecular flexibility index (Phi) is 5.57. The van der Waals surface area contributed by atoms with Gasteiger partial charge in [-0.05, 0) is 44.4 Å². The molecule has 0 aromatic heterocycles. The Morgan fingerprint density at radius 3 is 2.13 bits per heavy atom. The van der Waals surface area contributed by atoms with Crippen molar-refractivity contribution in [1.82, 2.24) is 4.90 Å². The molecule has 0 saturated heterocycles. The van der Waals surface area contributed by atoms with Crippen LogP contribution >= 0.6 is 0 Å². The first-order valence-electron chi connectivity index (χ1n) is 8.27. The Hall–Kier alpha value is -1.27. The quantitative estimate of drug-likeness (QED) is 0.809. The van der Waals surface area contributed by atoms with Gasteiger partial charge in [-0.25, -0.2) is 0 Å². The van der Waals surface area contributed by atoms with Gasteiger partial charge in [0.25, 0.3) is 0 Å². The first-order valence-corrected chi connectivity index (χ1v) is 8.27. The van der Waals surface area contributed by atoms with Crippen LogP contribution in [0.5, 0.6) is 0 Å². The molecule has 0 radical (unpaired) electrons. The lowest BCUT2D eigenvalue weighted by atomic mass is 9.80. The van der Waals surface area contributed by atoms with Crippen molar-refractivity contribution in [2.45, 2.75) is 64.1 Å². The van der Waals surface area contributed by atoms with Crippen LogP contribution in [0.25, 0.3) is 0 Å². The summed E-state index contributed by atoms with van der Waals surface area (Å²) in [5.41, 5.74) is 0. The molecule has 0 aromatic carbocycles. The van der Waals surface area contributed by atoms with Crippen LogP contribution in [-0.4, -0.2) is 40.6 Å². The maximum Gasteiger partial charge on any atom is 0.391 e. The monoisotopic (exact) mass is 335 g/mol. The van der Waals surface area contributed by atoms with Crippen LogP contribution < -0.4 is 0 Å². The van der Waals surface area contributed by atoms with E-state index in [1.54, 1.807) is 11.8 Å². The third-order valence-electron chi connectivity index (χ3n) is 4.97. The summed E-state index contributed by atoms with van der Waals surface area (Å²) in [6.07, 6.45) is -1.09. The second kappa shape index (κ2) is 7.09. The lowest BCUT2D eigenvalue weighted by Gasteiger charge is -2.31. The standard InChI is InChI=1S/C16H24F3NO3/c1-10(15(22)23)9-20(13-6-7-13)14(21)8-11-2-4-12(5-3-11)16(17,18)19/h10-13H,2-9H2,1H3,(H,22,23). The van der Waals surface area contributed by atoms with E-state index in [2.05, 4.69) is 0 Å². The van der Waals surface area contributed by atoms with E-state index in [0.717, 1.165) is 12.8 Å². The third-order valence-corrected chi connectivity index (χ3v) is 4.97. The lowest BCUT2D eigenvalue weighted by molar-refractivity contribution is -0.184. The Bertz CT molecular complexity index is 440. The molecule has 0 aliphatic heterocycles. The topological polar surface area (TPSA) is 57.6 Å². The Morgan fingerprint density at radius 1 is 1.13 bits per heavy atom. The number of carboxylic acid groups (broad SMARTS) is 1. The molecule has 0 heterocycles. The van der Waals surface area contributed by atoms with Crippen molar-refractivity contribution < 1.29 is 27.9 Å². The average molecular weight is 335 g/mol. The van der Waals surface area contributed by atoms with Gasteiger partial charge in [-0.3, -0.25) is 9.59 Å². The Labute approximate surface area is 134 Å². The van der Waals surface area contributed by atoms with Gasteiger partial charge >= 0.3 is 12.1 Å². The number of amides is 1. The van der Waals surface area contributed by atoms with Crippen LogP contribution in [0.2, 0.25) is 0 Å². The molecule has 4 nitrogen and oxygen atoms in total. The molecular weight excluding hydrogens is 311 g/mol. The van der Waals surface area contributed by atoms with E-state index in [4.69, 9.17) is 5.11 Å². The predicted octanol–water partition coefficient (Wildman–Crippen LogP) is 3.46. The maximum absolute atomic E-state index is 12.7. The predicted molar refractivity (Wildman–Crippen MR) is 77.7 cm³/mol. The normalized spacial score (nSPS) is 26.6. The molecule has 1 N–H and O–H groups in total. The summed E-state index contributed by atoms with van der Waals surface area (Å²) in [5.74, 6) is -2.91. The fourth-order valence-corrected chi connectivity index (χ4v) is 3.27. The number of alkyl halides is 3. The summed E-state index contributed by atoms with van der Waals surface area (Å²) >= 11 is 0. The Balaban J connectivity index is 1.84. The van der Waals surface area contributed by atoms with Crippen LogP contribution in [0.1, 0.15) is 51.9 Å². The van der Waals surface area contributed by atoms with Crippen molar-refractivity contribution >= 4 is 11.9 Å². The van der Waals surface area contributed by atoms with Gasteiger partial charge in [-0.2, -0.15) is 13.2 Å². The first-order chi connectivity index (χ1) is 10.7. The van der Waals surface area contributed by atoms with Gasteiger partial charge < -0.3 is 10.0 Å². The fourth-order valence-electron chi connectivity index (χ4n) is 3.27. The molecule has 1 amide bonds. The molecule has 0 spiro atoms. The van der Waals surface area contributed by atoms with Gasteiger partial charge in [0.2, 0.25) is 5.91 Å². The van der Waals surface area contributed by atoms with E-state index in [-0.39, 0.29) is 43.7 Å². The van der Waals surface area contributed by atoms with E-state index in [0.29, 0.717) is 12.8 Å². The van der Waals surface area contributed by atoms with Crippen molar-refractivity contribution in [2.75, 3.05) is 6.54 Å². The molecule has 23 heavy (non-hydrogen) atoms. The highest BCUT2D eigenvalue weighted by molar-refractivity contribution is 5.78. The SMILES string of the molecule is CC(CN(C(=O)CC1CCC(C(F)(F)F)CC1)C1CC1)C(=O)O. The van der Waals surface area contributed by atoms with Gasteiger partial charge in [0.15, 0.2) is 0 Å².